The van der Waals surface area contributed by atoms with Crippen molar-refractivity contribution in [3.05, 3.63) is 11.5 Å². The minimum absolute atomic E-state index is 0.0989. The highest BCUT2D eigenvalue weighted by atomic mass is 32.2. The maximum Gasteiger partial charge on any atom is 0.0734 e. The van der Waals surface area contributed by atoms with Crippen molar-refractivity contribution in [1.82, 2.24) is 0 Å². The van der Waals surface area contributed by atoms with Gasteiger partial charge in [-0.05, 0) is 5.92 Å². The fraction of sp³-hybridized carbons (Fsp3) is 0.750. The van der Waals surface area contributed by atoms with Gasteiger partial charge in [-0.2, -0.15) is 0 Å². The Labute approximate surface area is 67.5 Å². The Bertz CT molecular complexity index is 110. The summed E-state index contributed by atoms with van der Waals surface area (Å²) in [4.78, 5) is 0.862. The molecule has 0 aromatic heterocycles. The first-order valence-corrected chi connectivity index (χ1v) is 4.41. The number of hydrogen-bond acceptors (Lipinski definition) is 2. The zero-order valence-electron chi connectivity index (χ0n) is 6.92. The van der Waals surface area contributed by atoms with Gasteiger partial charge in [-0.15, -0.1) is 11.8 Å². The molecule has 0 bridgehead atoms. The molecule has 60 valence electrons. The molecule has 0 amide bonds. The molecule has 1 atom stereocenters. The highest BCUT2D eigenvalue weighted by Gasteiger charge is 2.07. The van der Waals surface area contributed by atoms with Gasteiger partial charge in [-0.25, -0.2) is 0 Å². The Balaban J connectivity index is 3.57. The molecular formula is C8H16OS. The lowest BCUT2D eigenvalue weighted by atomic mass is 10.2. The molecule has 0 aliphatic heterocycles. The summed E-state index contributed by atoms with van der Waals surface area (Å²) in [6.45, 7) is 10.3. The van der Waals surface area contributed by atoms with E-state index in [0.29, 0.717) is 11.2 Å². The summed E-state index contributed by atoms with van der Waals surface area (Å²) in [5.41, 5.74) is 0. The van der Waals surface area contributed by atoms with Crippen molar-refractivity contribution in [2.45, 2.75) is 26.0 Å². The van der Waals surface area contributed by atoms with Crippen LogP contribution in [0.5, 0.6) is 0 Å². The summed E-state index contributed by atoms with van der Waals surface area (Å²) in [5, 5.41) is 9.20. The fourth-order valence-electron chi connectivity index (χ4n) is 0.436. The van der Waals surface area contributed by atoms with Crippen molar-refractivity contribution in [1.29, 1.82) is 0 Å². The molecule has 2 heteroatoms. The minimum Gasteiger partial charge on any atom is -0.391 e. The van der Waals surface area contributed by atoms with E-state index in [1.807, 2.05) is 0 Å². The minimum atomic E-state index is 0.0989. The Morgan fingerprint density at radius 3 is 2.30 bits per heavy atom. The third kappa shape index (κ3) is 3.96. The predicted octanol–water partition coefficient (Wildman–Crippen LogP) is 2.27. The standard InChI is InChI=1S/C8H16OS/c1-6(2)8(4)10-7(3)5-9/h6,8-9H,3,5H2,1-2,4H3. The van der Waals surface area contributed by atoms with Crippen LogP contribution < -0.4 is 0 Å². The molecule has 0 saturated carbocycles. The van der Waals surface area contributed by atoms with Gasteiger partial charge in [0, 0.05) is 10.2 Å². The van der Waals surface area contributed by atoms with E-state index < -0.39 is 0 Å². The van der Waals surface area contributed by atoms with Crippen molar-refractivity contribution in [3.63, 3.8) is 0 Å². The van der Waals surface area contributed by atoms with Crippen LogP contribution in [0.2, 0.25) is 0 Å². The van der Waals surface area contributed by atoms with E-state index in [-0.39, 0.29) is 6.61 Å². The van der Waals surface area contributed by atoms with Crippen molar-refractivity contribution >= 4 is 11.8 Å². The Morgan fingerprint density at radius 1 is 1.50 bits per heavy atom. The van der Waals surface area contributed by atoms with Gasteiger partial charge in [0.2, 0.25) is 0 Å². The molecule has 10 heavy (non-hydrogen) atoms. The Hall–Kier alpha value is 0.0500. The van der Waals surface area contributed by atoms with Crippen LogP contribution in [0.25, 0.3) is 0 Å². The van der Waals surface area contributed by atoms with Gasteiger partial charge >= 0.3 is 0 Å². The summed E-state index contributed by atoms with van der Waals surface area (Å²) >= 11 is 1.66. The molecule has 0 radical (unpaired) electrons. The first-order chi connectivity index (χ1) is 4.57. The maximum atomic E-state index is 8.65. The van der Waals surface area contributed by atoms with Crippen molar-refractivity contribution in [2.24, 2.45) is 5.92 Å². The van der Waals surface area contributed by atoms with Crippen LogP contribution in [0, 0.1) is 5.92 Å². The lowest BCUT2D eigenvalue weighted by molar-refractivity contribution is 0.339. The third-order valence-corrected chi connectivity index (χ3v) is 2.85. The quantitative estimate of drug-likeness (QED) is 0.681. The summed E-state index contributed by atoms with van der Waals surface area (Å²) in [5.74, 6) is 0.647. The monoisotopic (exact) mass is 160 g/mol. The molecule has 1 unspecified atom stereocenters. The van der Waals surface area contributed by atoms with E-state index in [1.165, 1.54) is 0 Å². The van der Waals surface area contributed by atoms with E-state index in [4.69, 9.17) is 5.11 Å². The fourth-order valence-corrected chi connectivity index (χ4v) is 1.31. The molecule has 1 N–H and O–H groups in total. The van der Waals surface area contributed by atoms with Gasteiger partial charge < -0.3 is 5.11 Å². The smallest absolute Gasteiger partial charge is 0.0734 e. The molecular weight excluding hydrogens is 144 g/mol. The van der Waals surface area contributed by atoms with E-state index in [1.54, 1.807) is 11.8 Å². The SMILES string of the molecule is C=C(CO)SC(C)C(C)C. The first-order valence-electron chi connectivity index (χ1n) is 3.53. The molecule has 0 aromatic rings. The number of hydrogen-bond donors (Lipinski definition) is 1. The van der Waals surface area contributed by atoms with Crippen molar-refractivity contribution in [2.75, 3.05) is 6.61 Å². The molecule has 0 aliphatic carbocycles. The molecule has 0 fully saturated rings. The third-order valence-electron chi connectivity index (χ3n) is 1.47. The van der Waals surface area contributed by atoms with E-state index in [2.05, 4.69) is 27.4 Å². The number of aliphatic hydroxyl groups is 1. The van der Waals surface area contributed by atoms with Crippen LogP contribution in [-0.4, -0.2) is 17.0 Å². The van der Waals surface area contributed by atoms with Crippen molar-refractivity contribution < 1.29 is 5.11 Å². The van der Waals surface area contributed by atoms with Crippen LogP contribution in [0.15, 0.2) is 11.5 Å². The van der Waals surface area contributed by atoms with Gasteiger partial charge in [-0.1, -0.05) is 27.4 Å². The van der Waals surface area contributed by atoms with Crippen LogP contribution in [0.4, 0.5) is 0 Å². The highest BCUT2D eigenvalue weighted by Crippen LogP contribution is 2.24. The van der Waals surface area contributed by atoms with Gasteiger partial charge in [0.1, 0.15) is 0 Å². The largest absolute Gasteiger partial charge is 0.391 e. The second kappa shape index (κ2) is 4.80. The van der Waals surface area contributed by atoms with Crippen LogP contribution in [-0.2, 0) is 0 Å². The normalized spacial score (nSPS) is 13.7. The molecule has 0 aromatic carbocycles. The maximum absolute atomic E-state index is 8.65. The zero-order valence-corrected chi connectivity index (χ0v) is 7.74. The van der Waals surface area contributed by atoms with Gasteiger partial charge in [0.15, 0.2) is 0 Å². The number of rotatable bonds is 4. The van der Waals surface area contributed by atoms with Gasteiger partial charge in [0.25, 0.3) is 0 Å². The topological polar surface area (TPSA) is 20.2 Å². The zero-order chi connectivity index (χ0) is 8.15. The Kier molecular flexibility index (Phi) is 4.83. The van der Waals surface area contributed by atoms with E-state index in [9.17, 15) is 0 Å². The Morgan fingerprint density at radius 2 is 2.00 bits per heavy atom. The van der Waals surface area contributed by atoms with Gasteiger partial charge in [0.05, 0.1) is 6.61 Å². The summed E-state index contributed by atoms with van der Waals surface area (Å²) in [6.07, 6.45) is 0. The molecule has 0 spiro atoms. The first kappa shape index (κ1) is 10.0. The van der Waals surface area contributed by atoms with E-state index >= 15 is 0 Å². The van der Waals surface area contributed by atoms with Crippen molar-refractivity contribution in [3.8, 4) is 0 Å². The van der Waals surface area contributed by atoms with Crippen LogP contribution in [0.3, 0.4) is 0 Å². The summed E-state index contributed by atoms with van der Waals surface area (Å²) in [7, 11) is 0. The lowest BCUT2D eigenvalue weighted by Crippen LogP contribution is -2.06. The average molecular weight is 160 g/mol. The molecule has 0 saturated heterocycles. The number of thioether (sulfide) groups is 1. The molecule has 0 heterocycles. The molecule has 1 nitrogen and oxygen atoms in total. The summed E-state index contributed by atoms with van der Waals surface area (Å²) < 4.78 is 0. The molecule has 0 rings (SSSR count). The highest BCUT2D eigenvalue weighted by molar-refractivity contribution is 8.03. The number of aliphatic hydroxyl groups excluding tert-OH is 1. The van der Waals surface area contributed by atoms with Crippen LogP contribution >= 0.6 is 11.8 Å². The second-order valence-corrected chi connectivity index (χ2v) is 4.32. The van der Waals surface area contributed by atoms with E-state index in [0.717, 1.165) is 4.91 Å². The predicted molar refractivity (Wildman–Crippen MR) is 48.1 cm³/mol. The lowest BCUT2D eigenvalue weighted by Gasteiger charge is -2.14. The second-order valence-electron chi connectivity index (χ2n) is 2.76. The van der Waals surface area contributed by atoms with Gasteiger partial charge in [-0.3, -0.25) is 0 Å². The summed E-state index contributed by atoms with van der Waals surface area (Å²) in [6, 6.07) is 0. The average Bonchev–Trinajstić information content (AvgIpc) is 1.87. The molecule has 0 aliphatic rings. The van der Waals surface area contributed by atoms with Crippen LogP contribution in [0.1, 0.15) is 20.8 Å².